The molecule has 0 N–H and O–H groups in total. The molecule has 2 aromatic heterocycles. The first-order chi connectivity index (χ1) is 11.8. The zero-order valence-corrected chi connectivity index (χ0v) is 13.5. The largest absolute Gasteiger partial charge is 0.482 e. The van der Waals surface area contributed by atoms with Crippen molar-refractivity contribution in [1.82, 2.24) is 14.9 Å². The van der Waals surface area contributed by atoms with E-state index in [4.69, 9.17) is 9.47 Å². The van der Waals surface area contributed by atoms with Gasteiger partial charge in [-0.05, 0) is 36.6 Å². The summed E-state index contributed by atoms with van der Waals surface area (Å²) in [6, 6.07) is 7.48. The van der Waals surface area contributed by atoms with E-state index in [0.717, 1.165) is 18.4 Å². The highest BCUT2D eigenvalue weighted by Crippen LogP contribution is 2.16. The molecule has 1 saturated heterocycles. The standard InChI is InChI=1S/C18H21N3O3/c22-18(14-24-17-4-2-8-20-12-17)21-9-5-16(6-10-21)23-13-15-3-1-7-19-11-15/h1-4,7-8,11-12,16H,5-6,9-10,13-14H2. The van der Waals surface area contributed by atoms with Crippen molar-refractivity contribution >= 4 is 5.91 Å². The van der Waals surface area contributed by atoms with Gasteiger partial charge in [0.15, 0.2) is 6.61 Å². The topological polar surface area (TPSA) is 64.5 Å². The summed E-state index contributed by atoms with van der Waals surface area (Å²) in [7, 11) is 0. The molecule has 1 fully saturated rings. The molecule has 1 aliphatic rings. The minimum Gasteiger partial charge on any atom is -0.482 e. The number of carbonyl (C=O) groups is 1. The van der Waals surface area contributed by atoms with Crippen LogP contribution in [0.1, 0.15) is 18.4 Å². The van der Waals surface area contributed by atoms with Gasteiger partial charge in [0, 0.05) is 31.7 Å². The number of aromatic nitrogens is 2. The fourth-order valence-corrected chi connectivity index (χ4v) is 2.64. The molecule has 24 heavy (non-hydrogen) atoms. The van der Waals surface area contributed by atoms with E-state index in [-0.39, 0.29) is 18.6 Å². The molecule has 1 aliphatic heterocycles. The van der Waals surface area contributed by atoms with Crippen molar-refractivity contribution in [2.75, 3.05) is 19.7 Å². The highest BCUT2D eigenvalue weighted by atomic mass is 16.5. The predicted octanol–water partition coefficient (Wildman–Crippen LogP) is 2.06. The molecule has 0 unspecified atom stereocenters. The fourth-order valence-electron chi connectivity index (χ4n) is 2.64. The summed E-state index contributed by atoms with van der Waals surface area (Å²) < 4.78 is 11.4. The lowest BCUT2D eigenvalue weighted by Gasteiger charge is -2.31. The number of hydrogen-bond donors (Lipinski definition) is 0. The van der Waals surface area contributed by atoms with E-state index < -0.39 is 0 Å². The Morgan fingerprint density at radius 2 is 1.88 bits per heavy atom. The molecule has 1 amide bonds. The fraction of sp³-hybridized carbons (Fsp3) is 0.389. The van der Waals surface area contributed by atoms with Crippen LogP contribution >= 0.6 is 0 Å². The summed E-state index contributed by atoms with van der Waals surface area (Å²) in [5.41, 5.74) is 1.07. The molecule has 126 valence electrons. The second-order valence-corrected chi connectivity index (χ2v) is 5.73. The summed E-state index contributed by atoms with van der Waals surface area (Å²) in [5, 5.41) is 0. The van der Waals surface area contributed by atoms with E-state index in [1.165, 1.54) is 0 Å². The van der Waals surface area contributed by atoms with Crippen molar-refractivity contribution in [3.63, 3.8) is 0 Å². The monoisotopic (exact) mass is 327 g/mol. The zero-order valence-electron chi connectivity index (χ0n) is 13.5. The van der Waals surface area contributed by atoms with Gasteiger partial charge in [-0.3, -0.25) is 14.8 Å². The van der Waals surface area contributed by atoms with Crippen LogP contribution in [0.4, 0.5) is 0 Å². The van der Waals surface area contributed by atoms with Gasteiger partial charge in [-0.1, -0.05) is 6.07 Å². The molecule has 3 heterocycles. The molecule has 2 aromatic rings. The van der Waals surface area contributed by atoms with Crippen LogP contribution in [0.25, 0.3) is 0 Å². The number of nitrogens with zero attached hydrogens (tertiary/aromatic N) is 3. The third-order valence-electron chi connectivity index (χ3n) is 4.00. The minimum atomic E-state index is 0.00422. The van der Waals surface area contributed by atoms with Crippen LogP contribution in [-0.4, -0.2) is 46.6 Å². The average molecular weight is 327 g/mol. The SMILES string of the molecule is O=C(COc1cccnc1)N1CCC(OCc2cccnc2)CC1. The van der Waals surface area contributed by atoms with Crippen molar-refractivity contribution in [1.29, 1.82) is 0 Å². The van der Waals surface area contributed by atoms with E-state index in [2.05, 4.69) is 9.97 Å². The number of amides is 1. The molecule has 6 nitrogen and oxygen atoms in total. The third kappa shape index (κ3) is 4.76. The maximum absolute atomic E-state index is 12.2. The molecule has 0 bridgehead atoms. The molecule has 0 saturated carbocycles. The molecule has 6 heteroatoms. The lowest BCUT2D eigenvalue weighted by atomic mass is 10.1. The Hall–Kier alpha value is -2.47. The summed E-state index contributed by atoms with van der Waals surface area (Å²) in [5.74, 6) is 0.616. The number of rotatable bonds is 6. The molecule has 0 spiro atoms. The van der Waals surface area contributed by atoms with Crippen molar-refractivity contribution < 1.29 is 14.3 Å². The minimum absolute atomic E-state index is 0.00422. The van der Waals surface area contributed by atoms with Crippen LogP contribution in [0, 0.1) is 0 Å². The number of pyridine rings is 2. The maximum atomic E-state index is 12.2. The molecule has 3 rings (SSSR count). The first-order valence-corrected chi connectivity index (χ1v) is 8.12. The van der Waals surface area contributed by atoms with Gasteiger partial charge >= 0.3 is 0 Å². The van der Waals surface area contributed by atoms with Crippen LogP contribution in [0.2, 0.25) is 0 Å². The van der Waals surface area contributed by atoms with Gasteiger partial charge in [0.05, 0.1) is 18.9 Å². The second-order valence-electron chi connectivity index (χ2n) is 5.73. The van der Waals surface area contributed by atoms with Gasteiger partial charge in [-0.2, -0.15) is 0 Å². The molecular formula is C18H21N3O3. The summed E-state index contributed by atoms with van der Waals surface area (Å²) in [6.07, 6.45) is 8.72. The van der Waals surface area contributed by atoms with Crippen LogP contribution in [-0.2, 0) is 16.1 Å². The van der Waals surface area contributed by atoms with Gasteiger partial charge in [-0.25, -0.2) is 0 Å². The first kappa shape index (κ1) is 16.4. The van der Waals surface area contributed by atoms with Crippen molar-refractivity contribution in [3.05, 3.63) is 54.6 Å². The summed E-state index contributed by atoms with van der Waals surface area (Å²) in [4.78, 5) is 22.1. The third-order valence-corrected chi connectivity index (χ3v) is 4.00. The molecule has 0 aliphatic carbocycles. The van der Waals surface area contributed by atoms with Crippen LogP contribution in [0.5, 0.6) is 5.75 Å². The van der Waals surface area contributed by atoms with Crippen LogP contribution < -0.4 is 4.74 Å². The highest BCUT2D eigenvalue weighted by molar-refractivity contribution is 5.77. The Morgan fingerprint density at radius 3 is 2.54 bits per heavy atom. The van der Waals surface area contributed by atoms with E-state index in [1.807, 2.05) is 23.2 Å². The Morgan fingerprint density at radius 1 is 1.12 bits per heavy atom. The number of likely N-dealkylation sites (tertiary alicyclic amines) is 1. The van der Waals surface area contributed by atoms with Crippen molar-refractivity contribution in [2.45, 2.75) is 25.6 Å². The molecule has 0 aromatic carbocycles. The highest BCUT2D eigenvalue weighted by Gasteiger charge is 2.23. The Labute approximate surface area is 141 Å². The molecule has 0 atom stereocenters. The van der Waals surface area contributed by atoms with E-state index >= 15 is 0 Å². The maximum Gasteiger partial charge on any atom is 0.260 e. The zero-order chi connectivity index (χ0) is 16.6. The van der Waals surface area contributed by atoms with E-state index in [0.29, 0.717) is 25.4 Å². The van der Waals surface area contributed by atoms with Crippen LogP contribution in [0.3, 0.4) is 0 Å². The lowest BCUT2D eigenvalue weighted by molar-refractivity contribution is -0.136. The van der Waals surface area contributed by atoms with Crippen molar-refractivity contribution in [2.24, 2.45) is 0 Å². The summed E-state index contributed by atoms with van der Waals surface area (Å²) in [6.45, 7) is 2.02. The van der Waals surface area contributed by atoms with Crippen molar-refractivity contribution in [3.8, 4) is 5.75 Å². The molecule has 0 radical (unpaired) electrons. The van der Waals surface area contributed by atoms with Gasteiger partial charge in [0.25, 0.3) is 5.91 Å². The normalized spacial score (nSPS) is 15.2. The van der Waals surface area contributed by atoms with Gasteiger partial charge in [-0.15, -0.1) is 0 Å². The average Bonchev–Trinajstić information content (AvgIpc) is 2.66. The van der Waals surface area contributed by atoms with E-state index in [9.17, 15) is 4.79 Å². The number of hydrogen-bond acceptors (Lipinski definition) is 5. The number of ether oxygens (including phenoxy) is 2. The lowest BCUT2D eigenvalue weighted by Crippen LogP contribution is -2.42. The molecular weight excluding hydrogens is 306 g/mol. The quantitative estimate of drug-likeness (QED) is 0.812. The van der Waals surface area contributed by atoms with Gasteiger partial charge in [0.1, 0.15) is 5.75 Å². The summed E-state index contributed by atoms with van der Waals surface area (Å²) >= 11 is 0. The first-order valence-electron chi connectivity index (χ1n) is 8.12. The van der Waals surface area contributed by atoms with Crippen LogP contribution in [0.15, 0.2) is 49.1 Å². The van der Waals surface area contributed by atoms with Gasteiger partial charge < -0.3 is 14.4 Å². The van der Waals surface area contributed by atoms with Gasteiger partial charge in [0.2, 0.25) is 0 Å². The predicted molar refractivity (Wildman–Crippen MR) is 88.4 cm³/mol. The Kier molecular flexibility index (Phi) is 5.74. The van der Waals surface area contributed by atoms with E-state index in [1.54, 1.807) is 30.7 Å². The Balaban J connectivity index is 1.37. The number of piperidine rings is 1. The Bertz CT molecular complexity index is 628. The number of carbonyl (C=O) groups excluding carboxylic acids is 1. The smallest absolute Gasteiger partial charge is 0.260 e. The second kappa shape index (κ2) is 8.40.